The molecule has 0 spiro atoms. The molecule has 1 unspecified atom stereocenters. The Morgan fingerprint density at radius 1 is 1.32 bits per heavy atom. The zero-order valence-electron chi connectivity index (χ0n) is 14.9. The molecule has 1 aliphatic rings. The van der Waals surface area contributed by atoms with Gasteiger partial charge in [-0.3, -0.25) is 0 Å². The first-order chi connectivity index (χ1) is 11.6. The number of nitrogens with one attached hydrogen (secondary N) is 2. The van der Waals surface area contributed by atoms with Crippen LogP contribution in [0.4, 0.5) is 0 Å². The smallest absolute Gasteiger partial charge is 0.191 e. The Hall–Kier alpha value is -0.540. The maximum atomic E-state index is 9.61. The summed E-state index contributed by atoms with van der Waals surface area (Å²) in [4.78, 5) is 4.64. The van der Waals surface area contributed by atoms with E-state index in [2.05, 4.69) is 38.5 Å². The summed E-state index contributed by atoms with van der Waals surface area (Å²) in [5, 5.41) is 16.4. The number of ether oxygens (including phenoxy) is 1. The molecule has 5 nitrogen and oxygen atoms in total. The Bertz CT molecular complexity index is 537. The second-order valence-corrected chi connectivity index (χ2v) is 7.08. The summed E-state index contributed by atoms with van der Waals surface area (Å²) in [6.07, 6.45) is 3.52. The van der Waals surface area contributed by atoms with E-state index in [1.54, 1.807) is 0 Å². The fourth-order valence-corrected chi connectivity index (χ4v) is 3.13. The number of hydrogen-bond donors (Lipinski definition) is 3. The summed E-state index contributed by atoms with van der Waals surface area (Å²) < 4.78 is 6.89. The van der Waals surface area contributed by atoms with Crippen LogP contribution in [0.25, 0.3) is 0 Å². The molecule has 7 heteroatoms. The summed E-state index contributed by atoms with van der Waals surface area (Å²) >= 11 is 3.49. The zero-order chi connectivity index (χ0) is 17.4. The molecular weight excluding hydrogens is 497 g/mol. The number of nitrogens with zero attached hydrogens (tertiary/aromatic N) is 1. The molecule has 25 heavy (non-hydrogen) atoms. The Kier molecular flexibility index (Phi) is 10.8. The van der Waals surface area contributed by atoms with Gasteiger partial charge < -0.3 is 20.5 Å². The van der Waals surface area contributed by atoms with E-state index in [0.717, 1.165) is 48.4 Å². The van der Waals surface area contributed by atoms with Crippen molar-refractivity contribution in [1.82, 2.24) is 10.6 Å². The van der Waals surface area contributed by atoms with Gasteiger partial charge in [0.1, 0.15) is 11.9 Å². The fourth-order valence-electron chi connectivity index (χ4n) is 2.75. The predicted molar refractivity (Wildman–Crippen MR) is 117 cm³/mol. The molecular formula is C18H29BrIN3O2. The summed E-state index contributed by atoms with van der Waals surface area (Å²) in [5.41, 5.74) is 0. The largest absolute Gasteiger partial charge is 0.488 e. The Labute approximate surface area is 176 Å². The average molecular weight is 526 g/mol. The van der Waals surface area contributed by atoms with E-state index in [9.17, 15) is 5.11 Å². The molecule has 0 radical (unpaired) electrons. The number of hydrogen-bond acceptors (Lipinski definition) is 3. The normalized spacial score (nSPS) is 21.8. The van der Waals surface area contributed by atoms with Gasteiger partial charge in [-0.25, -0.2) is 4.99 Å². The molecule has 3 N–H and O–H groups in total. The van der Waals surface area contributed by atoms with Crippen LogP contribution in [0.2, 0.25) is 0 Å². The molecule has 1 fully saturated rings. The Morgan fingerprint density at radius 2 is 2.00 bits per heavy atom. The van der Waals surface area contributed by atoms with Crippen LogP contribution >= 0.6 is 39.9 Å². The molecule has 142 valence electrons. The second-order valence-electron chi connectivity index (χ2n) is 6.23. The summed E-state index contributed by atoms with van der Waals surface area (Å²) in [5.74, 6) is 1.65. The molecule has 1 aromatic rings. The van der Waals surface area contributed by atoms with Crippen molar-refractivity contribution in [2.24, 2.45) is 4.99 Å². The van der Waals surface area contributed by atoms with Gasteiger partial charge in [0.25, 0.3) is 0 Å². The number of rotatable bonds is 6. The number of halogens is 2. The maximum absolute atomic E-state index is 9.61. The van der Waals surface area contributed by atoms with Gasteiger partial charge in [0.05, 0.1) is 17.1 Å². The van der Waals surface area contributed by atoms with E-state index < -0.39 is 0 Å². The van der Waals surface area contributed by atoms with Crippen LogP contribution in [0.15, 0.2) is 33.7 Å². The van der Waals surface area contributed by atoms with Crippen molar-refractivity contribution < 1.29 is 9.84 Å². The van der Waals surface area contributed by atoms with Crippen molar-refractivity contribution >= 4 is 45.9 Å². The number of guanidine groups is 1. The zero-order valence-corrected chi connectivity index (χ0v) is 18.8. The molecule has 0 aliphatic heterocycles. The molecule has 0 heterocycles. The maximum Gasteiger partial charge on any atom is 0.191 e. The van der Waals surface area contributed by atoms with Gasteiger partial charge in [-0.2, -0.15) is 0 Å². The molecule has 1 atom stereocenters. The molecule has 0 aromatic heterocycles. The van der Waals surface area contributed by atoms with Crippen LogP contribution in [0.1, 0.15) is 39.5 Å². The van der Waals surface area contributed by atoms with Gasteiger partial charge in [-0.05, 0) is 67.6 Å². The highest BCUT2D eigenvalue weighted by atomic mass is 127. The third kappa shape index (κ3) is 8.13. The van der Waals surface area contributed by atoms with Crippen LogP contribution < -0.4 is 15.4 Å². The monoisotopic (exact) mass is 525 g/mol. The summed E-state index contributed by atoms with van der Waals surface area (Å²) in [7, 11) is 0. The third-order valence-electron chi connectivity index (χ3n) is 4.05. The highest BCUT2D eigenvalue weighted by Crippen LogP contribution is 2.24. The Balaban J connectivity index is 0.00000312. The number of para-hydroxylation sites is 1. The van der Waals surface area contributed by atoms with Crippen LogP contribution in [0.3, 0.4) is 0 Å². The topological polar surface area (TPSA) is 65.9 Å². The van der Waals surface area contributed by atoms with Crippen molar-refractivity contribution in [3.8, 4) is 5.75 Å². The minimum Gasteiger partial charge on any atom is -0.488 e. The van der Waals surface area contributed by atoms with E-state index >= 15 is 0 Å². The Morgan fingerprint density at radius 3 is 2.64 bits per heavy atom. The minimum atomic E-state index is -0.139. The lowest BCUT2D eigenvalue weighted by molar-refractivity contribution is 0.120. The van der Waals surface area contributed by atoms with Gasteiger partial charge in [0.15, 0.2) is 5.96 Å². The van der Waals surface area contributed by atoms with E-state index in [1.165, 1.54) is 0 Å². The lowest BCUT2D eigenvalue weighted by atomic mass is 9.93. The standard InChI is InChI=1S/C18H28BrN3O2.HI/c1-3-20-18(22-14-8-10-15(23)11-9-14)21-12-13(2)24-17-7-5-4-6-16(17)19;/h4-7,13-15,23H,3,8-12H2,1-2H3,(H2,20,21,22);1H. The van der Waals surface area contributed by atoms with E-state index in [1.807, 2.05) is 31.2 Å². The molecule has 0 saturated heterocycles. The lowest BCUT2D eigenvalue weighted by Gasteiger charge is -2.27. The van der Waals surface area contributed by atoms with E-state index in [4.69, 9.17) is 4.74 Å². The van der Waals surface area contributed by atoms with Crippen LogP contribution in [0.5, 0.6) is 5.75 Å². The van der Waals surface area contributed by atoms with Crippen LogP contribution in [-0.4, -0.2) is 42.4 Å². The van der Waals surface area contributed by atoms with Crippen molar-refractivity contribution in [2.75, 3.05) is 13.1 Å². The van der Waals surface area contributed by atoms with Crippen molar-refractivity contribution in [3.05, 3.63) is 28.7 Å². The molecule has 1 aliphatic carbocycles. The lowest BCUT2D eigenvalue weighted by Crippen LogP contribution is -2.45. The van der Waals surface area contributed by atoms with Gasteiger partial charge in [0.2, 0.25) is 0 Å². The summed E-state index contributed by atoms with van der Waals surface area (Å²) in [6.45, 7) is 5.47. The van der Waals surface area contributed by atoms with E-state index in [0.29, 0.717) is 12.6 Å². The van der Waals surface area contributed by atoms with Crippen LogP contribution in [-0.2, 0) is 0 Å². The van der Waals surface area contributed by atoms with Crippen molar-refractivity contribution in [3.63, 3.8) is 0 Å². The van der Waals surface area contributed by atoms with E-state index in [-0.39, 0.29) is 36.2 Å². The average Bonchev–Trinajstić information content (AvgIpc) is 2.57. The predicted octanol–water partition coefficient (Wildman–Crippen LogP) is 3.69. The van der Waals surface area contributed by atoms with Gasteiger partial charge >= 0.3 is 0 Å². The molecule has 2 rings (SSSR count). The highest BCUT2D eigenvalue weighted by molar-refractivity contribution is 14.0. The molecule has 0 bridgehead atoms. The van der Waals surface area contributed by atoms with Crippen molar-refractivity contribution in [2.45, 2.75) is 57.8 Å². The third-order valence-corrected chi connectivity index (χ3v) is 4.71. The second kappa shape index (κ2) is 12.0. The molecule has 1 saturated carbocycles. The number of benzene rings is 1. The summed E-state index contributed by atoms with van der Waals surface area (Å²) in [6, 6.07) is 8.22. The molecule has 0 amide bonds. The SMILES string of the molecule is CCNC(=NCC(C)Oc1ccccc1Br)NC1CCC(O)CC1.I. The number of aliphatic hydroxyl groups excluding tert-OH is 1. The number of aliphatic hydroxyl groups is 1. The number of aliphatic imine (C=N–C) groups is 1. The first-order valence-corrected chi connectivity index (χ1v) is 9.52. The van der Waals surface area contributed by atoms with Crippen molar-refractivity contribution in [1.29, 1.82) is 0 Å². The van der Waals surface area contributed by atoms with Crippen LogP contribution in [0, 0.1) is 0 Å². The quantitative estimate of drug-likeness (QED) is 0.301. The highest BCUT2D eigenvalue weighted by Gasteiger charge is 2.20. The first-order valence-electron chi connectivity index (χ1n) is 8.72. The minimum absolute atomic E-state index is 0. The fraction of sp³-hybridized carbons (Fsp3) is 0.611. The van der Waals surface area contributed by atoms with Gasteiger partial charge in [-0.15, -0.1) is 24.0 Å². The van der Waals surface area contributed by atoms with Gasteiger partial charge in [-0.1, -0.05) is 12.1 Å². The first kappa shape index (κ1) is 22.5. The van der Waals surface area contributed by atoms with Gasteiger partial charge in [0, 0.05) is 12.6 Å². The molecule has 1 aromatic carbocycles.